The predicted octanol–water partition coefficient (Wildman–Crippen LogP) is 3.67. The molecule has 0 aliphatic heterocycles. The highest BCUT2D eigenvalue weighted by Crippen LogP contribution is 2.21. The lowest BCUT2D eigenvalue weighted by molar-refractivity contribution is -0.129. The first kappa shape index (κ1) is 20.9. The molecule has 7 nitrogen and oxygen atoms in total. The van der Waals surface area contributed by atoms with Crippen LogP contribution in [-0.4, -0.2) is 47.0 Å². The lowest BCUT2D eigenvalue weighted by Crippen LogP contribution is -2.30. The third kappa shape index (κ3) is 5.35. The third-order valence-electron chi connectivity index (χ3n) is 4.56. The Morgan fingerprint density at radius 1 is 1.24 bits per heavy atom. The van der Waals surface area contributed by atoms with Crippen molar-refractivity contribution in [3.8, 4) is 0 Å². The van der Waals surface area contributed by atoms with E-state index in [1.807, 2.05) is 35.0 Å². The summed E-state index contributed by atoms with van der Waals surface area (Å²) in [7, 11) is 3.48. The maximum atomic E-state index is 12.2. The lowest BCUT2D eigenvalue weighted by Gasteiger charge is -2.12. The van der Waals surface area contributed by atoms with Gasteiger partial charge in [-0.05, 0) is 24.3 Å². The first-order valence-electron chi connectivity index (χ1n) is 9.61. The molecule has 0 spiro atoms. The van der Waals surface area contributed by atoms with E-state index >= 15 is 0 Å². The highest BCUT2D eigenvalue weighted by Gasteiger charge is 2.10. The van der Waals surface area contributed by atoms with Gasteiger partial charge in [-0.2, -0.15) is 0 Å². The second-order valence-corrected chi connectivity index (χ2v) is 8.36. The van der Waals surface area contributed by atoms with Gasteiger partial charge < -0.3 is 20.1 Å². The summed E-state index contributed by atoms with van der Waals surface area (Å²) in [6.07, 6.45) is 2.59. The van der Waals surface area contributed by atoms with Crippen molar-refractivity contribution in [1.82, 2.24) is 19.8 Å². The molecule has 0 unspecified atom stereocenters. The number of carbonyl (C=O) groups is 2. The quantitative estimate of drug-likeness (QED) is 0.620. The van der Waals surface area contributed by atoms with E-state index in [2.05, 4.69) is 34.8 Å². The van der Waals surface area contributed by atoms with Gasteiger partial charge in [-0.1, -0.05) is 13.8 Å². The van der Waals surface area contributed by atoms with Gasteiger partial charge in [0.25, 0.3) is 0 Å². The number of likely N-dealkylation sites (N-methyl/N-ethyl adjacent to an activating group) is 1. The van der Waals surface area contributed by atoms with Crippen molar-refractivity contribution in [3.05, 3.63) is 46.5 Å². The van der Waals surface area contributed by atoms with Crippen LogP contribution in [0.5, 0.6) is 0 Å². The number of urea groups is 1. The molecule has 0 aliphatic rings. The molecule has 154 valence electrons. The van der Waals surface area contributed by atoms with E-state index in [4.69, 9.17) is 0 Å². The van der Waals surface area contributed by atoms with Crippen molar-refractivity contribution in [2.45, 2.75) is 32.7 Å². The van der Waals surface area contributed by atoms with E-state index < -0.39 is 0 Å². The summed E-state index contributed by atoms with van der Waals surface area (Å²) in [6.45, 7) is 5.07. The molecule has 3 rings (SSSR count). The zero-order valence-corrected chi connectivity index (χ0v) is 18.0. The van der Waals surface area contributed by atoms with E-state index in [-0.39, 0.29) is 11.9 Å². The Hall–Kier alpha value is -2.87. The highest BCUT2D eigenvalue weighted by molar-refractivity contribution is 7.09. The van der Waals surface area contributed by atoms with Crippen LogP contribution in [0.1, 0.15) is 30.5 Å². The Labute approximate surface area is 174 Å². The zero-order valence-electron chi connectivity index (χ0n) is 17.2. The molecule has 2 heterocycles. The van der Waals surface area contributed by atoms with Gasteiger partial charge in [-0.15, -0.1) is 11.3 Å². The topological polar surface area (TPSA) is 79.3 Å². The molecule has 2 aromatic heterocycles. The van der Waals surface area contributed by atoms with Crippen molar-refractivity contribution in [3.63, 3.8) is 0 Å². The van der Waals surface area contributed by atoms with Gasteiger partial charge in [0, 0.05) is 61.1 Å². The number of hydrogen-bond donors (Lipinski definition) is 2. The number of benzene rings is 1. The molecule has 0 bridgehead atoms. The van der Waals surface area contributed by atoms with Crippen molar-refractivity contribution in [1.29, 1.82) is 0 Å². The number of anilines is 1. The fourth-order valence-corrected chi connectivity index (χ4v) is 3.75. The fourth-order valence-electron chi connectivity index (χ4n) is 2.88. The van der Waals surface area contributed by atoms with E-state index in [1.165, 1.54) is 0 Å². The Bertz CT molecular complexity index is 1010. The molecular weight excluding hydrogens is 386 g/mol. The molecule has 0 atom stereocenters. The van der Waals surface area contributed by atoms with Gasteiger partial charge in [-0.3, -0.25) is 4.79 Å². The van der Waals surface area contributed by atoms with Gasteiger partial charge in [0.2, 0.25) is 5.91 Å². The van der Waals surface area contributed by atoms with Crippen molar-refractivity contribution >= 4 is 39.9 Å². The Kier molecular flexibility index (Phi) is 6.53. The minimum absolute atomic E-state index is 0.0321. The molecule has 0 aliphatic carbocycles. The summed E-state index contributed by atoms with van der Waals surface area (Å²) in [5, 5.41) is 9.87. The van der Waals surface area contributed by atoms with Crippen LogP contribution in [-0.2, 0) is 17.8 Å². The molecule has 8 heteroatoms. The van der Waals surface area contributed by atoms with E-state index in [9.17, 15) is 9.59 Å². The molecule has 0 saturated carbocycles. The van der Waals surface area contributed by atoms with Crippen LogP contribution in [0, 0.1) is 0 Å². The predicted molar refractivity (Wildman–Crippen MR) is 118 cm³/mol. The molecule has 0 fully saturated rings. The first-order chi connectivity index (χ1) is 13.8. The number of nitrogens with one attached hydrogen (secondary N) is 2. The van der Waals surface area contributed by atoms with Crippen molar-refractivity contribution in [2.24, 2.45) is 0 Å². The van der Waals surface area contributed by atoms with E-state index in [0.29, 0.717) is 31.1 Å². The maximum Gasteiger partial charge on any atom is 0.319 e. The van der Waals surface area contributed by atoms with Crippen molar-refractivity contribution in [2.75, 3.05) is 26.0 Å². The number of rotatable bonds is 7. The maximum absolute atomic E-state index is 12.2. The number of fused-ring (bicyclic) bond motifs is 1. The average Bonchev–Trinajstić information content (AvgIpc) is 3.29. The summed E-state index contributed by atoms with van der Waals surface area (Å²) in [6, 6.07) is 7.35. The van der Waals surface area contributed by atoms with Crippen LogP contribution in [0.3, 0.4) is 0 Å². The van der Waals surface area contributed by atoms with E-state index in [1.54, 1.807) is 30.3 Å². The second kappa shape index (κ2) is 9.09. The van der Waals surface area contributed by atoms with Crippen molar-refractivity contribution < 1.29 is 9.59 Å². The van der Waals surface area contributed by atoms with Gasteiger partial charge in [-0.25, -0.2) is 9.78 Å². The van der Waals surface area contributed by atoms with Crippen LogP contribution < -0.4 is 10.6 Å². The highest BCUT2D eigenvalue weighted by atomic mass is 32.1. The number of thiazole rings is 1. The molecule has 0 saturated heterocycles. The Morgan fingerprint density at radius 2 is 2.03 bits per heavy atom. The smallest absolute Gasteiger partial charge is 0.319 e. The average molecular weight is 414 g/mol. The Morgan fingerprint density at radius 3 is 2.72 bits per heavy atom. The summed E-state index contributed by atoms with van der Waals surface area (Å²) < 4.78 is 1.90. The number of nitrogens with zero attached hydrogens (tertiary/aromatic N) is 3. The number of carbonyl (C=O) groups excluding carboxylic acids is 2. The fraction of sp³-hybridized carbons (Fsp3) is 0.381. The molecule has 1 aromatic carbocycles. The monoisotopic (exact) mass is 413 g/mol. The molecule has 29 heavy (non-hydrogen) atoms. The summed E-state index contributed by atoms with van der Waals surface area (Å²) in [5.74, 6) is 0.459. The van der Waals surface area contributed by atoms with Crippen LogP contribution in [0.4, 0.5) is 10.5 Å². The number of hydrogen-bond acceptors (Lipinski definition) is 4. The summed E-state index contributed by atoms with van der Waals surface area (Å²) >= 11 is 1.66. The standard InChI is InChI=1S/C21H27N5O2S/c1-14(2)20-23-17(13-29-20)7-9-22-21(28)24-16-5-6-18-15(11-16)8-10-26(18)12-19(27)25(3)4/h5-6,8,10-11,13-14H,7,9,12H2,1-4H3,(H2,22,24,28). The number of aromatic nitrogens is 2. The second-order valence-electron chi connectivity index (χ2n) is 7.47. The number of amides is 3. The van der Waals surface area contributed by atoms with Gasteiger partial charge in [0.15, 0.2) is 0 Å². The van der Waals surface area contributed by atoms with Crippen LogP contribution >= 0.6 is 11.3 Å². The van der Waals surface area contributed by atoms with Gasteiger partial charge >= 0.3 is 6.03 Å². The minimum atomic E-state index is -0.245. The van der Waals surface area contributed by atoms with Crippen LogP contribution in [0.15, 0.2) is 35.8 Å². The first-order valence-corrected chi connectivity index (χ1v) is 10.5. The molecule has 3 amide bonds. The third-order valence-corrected chi connectivity index (χ3v) is 5.76. The molecular formula is C21H27N5O2S. The molecule has 2 N–H and O–H groups in total. The van der Waals surface area contributed by atoms with Gasteiger partial charge in [0.05, 0.1) is 10.7 Å². The minimum Gasteiger partial charge on any atom is -0.347 e. The van der Waals surface area contributed by atoms with E-state index in [0.717, 1.165) is 21.6 Å². The molecule has 0 radical (unpaired) electrons. The Balaban J connectivity index is 1.54. The summed E-state index contributed by atoms with van der Waals surface area (Å²) in [4.78, 5) is 30.3. The van der Waals surface area contributed by atoms with Crippen LogP contribution in [0.25, 0.3) is 10.9 Å². The zero-order chi connectivity index (χ0) is 21.0. The van der Waals surface area contributed by atoms with Gasteiger partial charge in [0.1, 0.15) is 6.54 Å². The summed E-state index contributed by atoms with van der Waals surface area (Å²) in [5.41, 5.74) is 2.67. The largest absolute Gasteiger partial charge is 0.347 e. The lowest BCUT2D eigenvalue weighted by atomic mass is 10.2. The normalized spacial score (nSPS) is 11.1. The molecule has 3 aromatic rings. The van der Waals surface area contributed by atoms with Crippen LogP contribution in [0.2, 0.25) is 0 Å². The SMILES string of the molecule is CC(C)c1nc(CCNC(=O)Nc2ccc3c(ccn3CC(=O)N(C)C)c2)cs1.